The van der Waals surface area contributed by atoms with Crippen LogP contribution in [0.4, 0.5) is 0 Å². The van der Waals surface area contributed by atoms with Gasteiger partial charge < -0.3 is 0 Å². The van der Waals surface area contributed by atoms with Crippen LogP contribution in [0.15, 0.2) is 74.5 Å². The number of benzene rings is 2. The first kappa shape index (κ1) is 21.6. The maximum absolute atomic E-state index is 4.25. The summed E-state index contributed by atoms with van der Waals surface area (Å²) in [4.78, 5) is 3.32. The van der Waals surface area contributed by atoms with Crippen molar-refractivity contribution in [1.82, 2.24) is 30.0 Å². The van der Waals surface area contributed by atoms with Crippen LogP contribution < -0.4 is 0 Å². The van der Waals surface area contributed by atoms with Crippen LogP contribution in [0, 0.1) is 3.70 Å². The number of halogens is 4. The summed E-state index contributed by atoms with van der Waals surface area (Å²) < 4.78 is 3.15. The van der Waals surface area contributed by atoms with Gasteiger partial charge in [0.15, 0.2) is 17.5 Å². The lowest BCUT2D eigenvalue weighted by molar-refractivity contribution is 0.586. The van der Waals surface area contributed by atoms with Crippen LogP contribution in [-0.2, 0) is 13.1 Å². The maximum atomic E-state index is 4.25. The van der Waals surface area contributed by atoms with E-state index in [1.165, 1.54) is 11.1 Å². The van der Waals surface area contributed by atoms with Gasteiger partial charge in [-0.1, -0.05) is 60.7 Å². The Morgan fingerprint density at radius 1 is 0.607 bits per heavy atom. The molecular weight excluding hydrogens is 667 g/mol. The highest BCUT2D eigenvalue weighted by molar-refractivity contribution is 14.1. The molecular formula is C18H14Br3IN6. The van der Waals surface area contributed by atoms with E-state index in [2.05, 4.69) is 103 Å². The molecule has 0 spiro atoms. The Kier molecular flexibility index (Phi) is 8.18. The van der Waals surface area contributed by atoms with Crippen molar-refractivity contribution in [3.8, 4) is 0 Å². The van der Waals surface area contributed by atoms with Crippen LogP contribution in [-0.4, -0.2) is 30.0 Å². The van der Waals surface area contributed by atoms with Crippen LogP contribution in [0.25, 0.3) is 0 Å². The van der Waals surface area contributed by atoms with E-state index in [9.17, 15) is 0 Å². The molecule has 0 aliphatic carbocycles. The highest BCUT2D eigenvalue weighted by Crippen LogP contribution is 2.17. The van der Waals surface area contributed by atoms with Gasteiger partial charge in [-0.15, -0.1) is 20.4 Å². The van der Waals surface area contributed by atoms with Gasteiger partial charge in [0.2, 0.25) is 0 Å². The van der Waals surface area contributed by atoms with Gasteiger partial charge in [-0.3, -0.25) is 0 Å². The Morgan fingerprint density at radius 2 is 1.00 bits per heavy atom. The Morgan fingerprint density at radius 3 is 1.39 bits per heavy atom. The summed E-state index contributed by atoms with van der Waals surface area (Å²) in [6, 6.07) is 20.2. The highest BCUT2D eigenvalue weighted by atomic mass is 127. The Bertz CT molecular complexity index is 898. The molecule has 0 amide bonds. The van der Waals surface area contributed by atoms with Gasteiger partial charge in [0.05, 0.1) is 13.1 Å². The van der Waals surface area contributed by atoms with Crippen molar-refractivity contribution in [1.29, 1.82) is 0 Å². The second kappa shape index (κ2) is 10.6. The quantitative estimate of drug-likeness (QED) is 0.266. The van der Waals surface area contributed by atoms with Crippen molar-refractivity contribution in [2.24, 2.45) is 0 Å². The molecule has 0 fully saturated rings. The molecule has 4 aromatic rings. The molecule has 2 aromatic carbocycles. The molecule has 0 aliphatic rings. The van der Waals surface area contributed by atoms with Gasteiger partial charge in [-0.25, -0.2) is 0 Å². The summed E-state index contributed by atoms with van der Waals surface area (Å²) in [6.45, 7) is 1.40. The van der Waals surface area contributed by atoms with Crippen molar-refractivity contribution in [3.05, 3.63) is 89.3 Å². The third-order valence-electron chi connectivity index (χ3n) is 3.49. The van der Waals surface area contributed by atoms with E-state index in [1.54, 1.807) is 9.59 Å². The summed E-state index contributed by atoms with van der Waals surface area (Å²) in [5, 5.41) is 16.8. The summed E-state index contributed by atoms with van der Waals surface area (Å²) in [6.07, 6.45) is 0. The smallest absolute Gasteiger partial charge is 0.162 e. The summed E-state index contributed by atoms with van der Waals surface area (Å²) >= 11 is 12.1. The second-order valence-electron chi connectivity index (χ2n) is 5.60. The normalized spacial score (nSPS) is 10.4. The summed E-state index contributed by atoms with van der Waals surface area (Å²) in [5.41, 5.74) is 2.38. The monoisotopic (exact) mass is 678 g/mol. The Labute approximate surface area is 201 Å². The number of aromatic nitrogens is 6. The molecule has 0 unspecified atom stereocenters. The fourth-order valence-corrected chi connectivity index (χ4v) is 3.39. The molecule has 2 heterocycles. The average Bonchev–Trinajstić information content (AvgIpc) is 3.17. The van der Waals surface area contributed by atoms with Gasteiger partial charge in [0, 0.05) is 0 Å². The lowest BCUT2D eigenvalue weighted by Gasteiger charge is -1.98. The van der Waals surface area contributed by atoms with Crippen LogP contribution in [0.3, 0.4) is 0 Å². The van der Waals surface area contributed by atoms with Crippen molar-refractivity contribution < 1.29 is 0 Å². The molecule has 144 valence electrons. The number of hydrogen-bond acceptors (Lipinski definition) is 4. The van der Waals surface area contributed by atoms with Crippen LogP contribution >= 0.6 is 70.4 Å². The van der Waals surface area contributed by atoms with Crippen molar-refractivity contribution >= 4 is 70.4 Å². The van der Waals surface area contributed by atoms with E-state index in [4.69, 9.17) is 0 Å². The highest BCUT2D eigenvalue weighted by Gasteiger charge is 2.05. The Balaban J connectivity index is 0.000000161. The topological polar surface area (TPSA) is 61.4 Å². The number of nitrogens with zero attached hydrogens (tertiary/aromatic N) is 6. The molecule has 0 saturated heterocycles. The molecule has 2 aromatic heterocycles. The third-order valence-corrected chi connectivity index (χ3v) is 7.09. The zero-order valence-electron chi connectivity index (χ0n) is 14.4. The van der Waals surface area contributed by atoms with E-state index in [1.807, 2.05) is 48.5 Å². The van der Waals surface area contributed by atoms with E-state index in [-0.39, 0.29) is 0 Å². The molecule has 6 nitrogen and oxygen atoms in total. The predicted molar refractivity (Wildman–Crippen MR) is 127 cm³/mol. The predicted octanol–water partition coefficient (Wildman–Crippen LogP) is 5.54. The molecule has 0 atom stereocenters. The lowest BCUT2D eigenvalue weighted by Crippen LogP contribution is -2.03. The summed E-state index contributed by atoms with van der Waals surface area (Å²) in [7, 11) is 0. The third kappa shape index (κ3) is 6.46. The summed E-state index contributed by atoms with van der Waals surface area (Å²) in [5.74, 6) is 0. The molecule has 0 aliphatic heterocycles. The minimum Gasteiger partial charge on any atom is -0.178 e. The van der Waals surface area contributed by atoms with E-state index in [0.29, 0.717) is 13.1 Å². The van der Waals surface area contributed by atoms with Gasteiger partial charge in [0.25, 0.3) is 0 Å². The van der Waals surface area contributed by atoms with Gasteiger partial charge in [-0.05, 0) is 81.5 Å². The minimum absolute atomic E-state index is 0.686. The second-order valence-corrected chi connectivity index (χ2v) is 8.87. The first-order valence-corrected chi connectivity index (χ1v) is 11.6. The zero-order valence-corrected chi connectivity index (χ0v) is 21.3. The van der Waals surface area contributed by atoms with Crippen LogP contribution in [0.2, 0.25) is 0 Å². The van der Waals surface area contributed by atoms with Crippen molar-refractivity contribution in [2.75, 3.05) is 0 Å². The van der Waals surface area contributed by atoms with Crippen LogP contribution in [0.5, 0.6) is 0 Å². The fourth-order valence-electron chi connectivity index (χ4n) is 2.25. The van der Waals surface area contributed by atoms with Gasteiger partial charge in [-0.2, -0.15) is 9.59 Å². The molecule has 4 rings (SSSR count). The molecule has 0 bridgehead atoms. The lowest BCUT2D eigenvalue weighted by atomic mass is 10.2. The van der Waals surface area contributed by atoms with Crippen LogP contribution in [0.1, 0.15) is 11.1 Å². The SMILES string of the molecule is Brc1nn(Cc2ccccc2)nc1Br.Brc1nn(Cc2ccccc2)nc1I. The minimum atomic E-state index is 0.686. The van der Waals surface area contributed by atoms with Gasteiger partial charge >= 0.3 is 0 Å². The Hall–Kier alpha value is -1.11. The first-order chi connectivity index (χ1) is 13.5. The molecule has 0 radical (unpaired) electrons. The molecule has 28 heavy (non-hydrogen) atoms. The molecule has 10 heteroatoms. The first-order valence-electron chi connectivity index (χ1n) is 8.11. The maximum Gasteiger partial charge on any atom is 0.162 e. The standard InChI is InChI=1S/C9H7Br2N3.C9H7BrIN3/c2*10-8-9(11)13-14(12-8)6-7-4-2-1-3-5-7/h2*1-5H,6H2. The van der Waals surface area contributed by atoms with Crippen molar-refractivity contribution in [3.63, 3.8) is 0 Å². The fraction of sp³-hybridized carbons (Fsp3) is 0.111. The number of rotatable bonds is 4. The van der Waals surface area contributed by atoms with E-state index in [0.717, 1.165) is 17.5 Å². The zero-order chi connectivity index (χ0) is 19.9. The number of hydrogen-bond donors (Lipinski definition) is 0. The average molecular weight is 681 g/mol. The van der Waals surface area contributed by atoms with Crippen molar-refractivity contribution in [2.45, 2.75) is 13.1 Å². The molecule has 0 saturated carbocycles. The van der Waals surface area contributed by atoms with E-state index < -0.39 is 0 Å². The van der Waals surface area contributed by atoms with Gasteiger partial charge in [0.1, 0.15) is 0 Å². The molecule has 0 N–H and O–H groups in total. The largest absolute Gasteiger partial charge is 0.178 e. The van der Waals surface area contributed by atoms with E-state index >= 15 is 0 Å².